The van der Waals surface area contributed by atoms with Crippen LogP contribution in [0.2, 0.25) is 0 Å². The molecule has 0 bridgehead atoms. The van der Waals surface area contributed by atoms with Crippen LogP contribution in [0, 0.1) is 33.5 Å². The first-order chi connectivity index (χ1) is 18.1. The van der Waals surface area contributed by atoms with Crippen LogP contribution in [0.4, 0.5) is 10.1 Å². The van der Waals surface area contributed by atoms with Gasteiger partial charge in [0.05, 0.1) is 16.8 Å². The van der Waals surface area contributed by atoms with E-state index in [1.165, 1.54) is 30.5 Å². The Labute approximate surface area is 222 Å². The highest BCUT2D eigenvalue weighted by atomic mass is 32.2. The first-order valence-corrected chi connectivity index (χ1v) is 13.4. The number of sulfonamides is 1. The van der Waals surface area contributed by atoms with Gasteiger partial charge in [-0.3, -0.25) is 9.10 Å². The number of hydrogen-bond donors (Lipinski definition) is 1. The molecule has 0 aliphatic carbocycles. The molecule has 1 N–H and O–H groups in total. The largest absolute Gasteiger partial charge is 0.318 e. The molecule has 0 unspecified atom stereocenters. The minimum atomic E-state index is -4.01. The number of carbonyl (C=O) groups is 1. The van der Waals surface area contributed by atoms with E-state index in [9.17, 15) is 17.6 Å². The number of carbonyl (C=O) groups excluding carboxylic acids is 1. The molecule has 4 aromatic rings. The third-order valence-corrected chi connectivity index (χ3v) is 7.96. The van der Waals surface area contributed by atoms with Crippen molar-refractivity contribution in [3.8, 4) is 5.69 Å². The van der Waals surface area contributed by atoms with Gasteiger partial charge in [0.2, 0.25) is 0 Å². The fraction of sp³-hybridized carbons (Fsp3) is 0.172. The number of benzene rings is 3. The Kier molecular flexibility index (Phi) is 7.78. The first kappa shape index (κ1) is 26.8. The van der Waals surface area contributed by atoms with E-state index in [2.05, 4.69) is 10.5 Å². The number of aromatic nitrogens is 1. The summed E-state index contributed by atoms with van der Waals surface area (Å²) in [4.78, 5) is 13.0. The van der Waals surface area contributed by atoms with Crippen molar-refractivity contribution in [3.63, 3.8) is 0 Å². The number of hydrazone groups is 1. The molecule has 0 aliphatic rings. The van der Waals surface area contributed by atoms with Crippen LogP contribution in [-0.2, 0) is 14.8 Å². The Balaban J connectivity index is 1.56. The topological polar surface area (TPSA) is 83.8 Å². The van der Waals surface area contributed by atoms with Crippen LogP contribution in [0.15, 0.2) is 88.9 Å². The Morgan fingerprint density at radius 1 is 0.974 bits per heavy atom. The number of hydrogen-bond acceptors (Lipinski definition) is 4. The summed E-state index contributed by atoms with van der Waals surface area (Å²) in [5.74, 6) is -0.905. The molecule has 9 heteroatoms. The molecule has 4 rings (SSSR count). The van der Waals surface area contributed by atoms with Gasteiger partial charge in [-0.2, -0.15) is 5.10 Å². The van der Waals surface area contributed by atoms with Crippen molar-refractivity contribution in [2.75, 3.05) is 10.8 Å². The Morgan fingerprint density at radius 2 is 1.66 bits per heavy atom. The molecule has 0 saturated heterocycles. The second-order valence-electron chi connectivity index (χ2n) is 9.05. The van der Waals surface area contributed by atoms with E-state index in [4.69, 9.17) is 0 Å². The molecule has 0 aliphatic heterocycles. The summed E-state index contributed by atoms with van der Waals surface area (Å²) < 4.78 is 43.4. The van der Waals surface area contributed by atoms with E-state index in [0.29, 0.717) is 5.69 Å². The Morgan fingerprint density at radius 3 is 2.32 bits per heavy atom. The first-order valence-electron chi connectivity index (χ1n) is 12.0. The molecule has 1 amide bonds. The Hall–Kier alpha value is -4.24. The van der Waals surface area contributed by atoms with Crippen LogP contribution < -0.4 is 9.73 Å². The third-order valence-electron chi connectivity index (χ3n) is 6.19. The maximum absolute atomic E-state index is 13.5. The average molecular weight is 533 g/mol. The van der Waals surface area contributed by atoms with E-state index < -0.39 is 22.5 Å². The smallest absolute Gasteiger partial charge is 0.264 e. The minimum Gasteiger partial charge on any atom is -0.318 e. The number of amides is 1. The van der Waals surface area contributed by atoms with E-state index >= 15 is 0 Å². The summed E-state index contributed by atoms with van der Waals surface area (Å²) in [5.41, 5.74) is 7.92. The second kappa shape index (κ2) is 11.0. The molecule has 0 radical (unpaired) electrons. The molecule has 1 aromatic heterocycles. The molecular weight excluding hydrogens is 503 g/mol. The fourth-order valence-electron chi connectivity index (χ4n) is 4.35. The lowest BCUT2D eigenvalue weighted by Gasteiger charge is -2.25. The number of rotatable bonds is 8. The predicted octanol–water partition coefficient (Wildman–Crippen LogP) is 5.20. The summed E-state index contributed by atoms with van der Waals surface area (Å²) in [6.07, 6.45) is 1.51. The lowest BCUT2D eigenvalue weighted by atomic mass is 10.1. The summed E-state index contributed by atoms with van der Waals surface area (Å²) in [6, 6.07) is 21.5. The highest BCUT2D eigenvalue weighted by molar-refractivity contribution is 7.92. The lowest BCUT2D eigenvalue weighted by Crippen LogP contribution is -2.40. The standard InChI is InChI=1S/C29H29FN4O3S/c1-20-10-15-28(21(2)16-20)33(38(36,37)27-8-6-5-7-9-27)19-29(35)32-31-18-24-17-22(3)34(23(24)4)26-13-11-25(30)12-14-26/h5-18H,19H2,1-4H3,(H,32,35)/b31-18+. The fourth-order valence-corrected chi connectivity index (χ4v) is 5.86. The van der Waals surface area contributed by atoms with Crippen LogP contribution in [0.1, 0.15) is 28.1 Å². The maximum Gasteiger partial charge on any atom is 0.264 e. The monoisotopic (exact) mass is 532 g/mol. The zero-order chi connectivity index (χ0) is 27.4. The van der Waals surface area contributed by atoms with Crippen LogP contribution >= 0.6 is 0 Å². The molecule has 0 saturated carbocycles. The van der Waals surface area contributed by atoms with Gasteiger partial charge in [0.15, 0.2) is 0 Å². The van der Waals surface area contributed by atoms with E-state index in [0.717, 1.165) is 38.1 Å². The SMILES string of the molecule is Cc1ccc(N(CC(=O)N/N=C/c2cc(C)n(-c3ccc(F)cc3)c2C)S(=O)(=O)c2ccccc2)c(C)c1. The van der Waals surface area contributed by atoms with Crippen LogP contribution in [0.25, 0.3) is 5.69 Å². The summed E-state index contributed by atoms with van der Waals surface area (Å²) in [5, 5.41) is 4.08. The van der Waals surface area contributed by atoms with Crippen molar-refractivity contribution in [1.29, 1.82) is 0 Å². The normalized spacial score (nSPS) is 11.6. The van der Waals surface area contributed by atoms with Gasteiger partial charge in [-0.25, -0.2) is 18.2 Å². The lowest BCUT2D eigenvalue weighted by molar-refractivity contribution is -0.119. The average Bonchev–Trinajstić information content (AvgIpc) is 3.16. The molecule has 196 valence electrons. The quantitative estimate of drug-likeness (QED) is 0.250. The van der Waals surface area contributed by atoms with Gasteiger partial charge < -0.3 is 4.57 Å². The number of anilines is 1. The number of nitrogens with zero attached hydrogens (tertiary/aromatic N) is 3. The van der Waals surface area contributed by atoms with Crippen molar-refractivity contribution in [3.05, 3.63) is 113 Å². The maximum atomic E-state index is 13.5. The van der Waals surface area contributed by atoms with E-state index in [1.807, 2.05) is 50.5 Å². The molecule has 38 heavy (non-hydrogen) atoms. The molecule has 0 spiro atoms. The molecule has 3 aromatic carbocycles. The van der Waals surface area contributed by atoms with E-state index in [-0.39, 0.29) is 10.7 Å². The highest BCUT2D eigenvalue weighted by Crippen LogP contribution is 2.27. The van der Waals surface area contributed by atoms with Gasteiger partial charge in [0.1, 0.15) is 12.4 Å². The summed E-state index contributed by atoms with van der Waals surface area (Å²) >= 11 is 0. The Bertz CT molecular complexity index is 1600. The van der Waals surface area contributed by atoms with Crippen molar-refractivity contribution in [2.24, 2.45) is 5.10 Å². The molecular formula is C29H29FN4O3S. The third kappa shape index (κ3) is 5.68. The predicted molar refractivity (Wildman–Crippen MR) is 148 cm³/mol. The van der Waals surface area contributed by atoms with Crippen LogP contribution in [0.5, 0.6) is 0 Å². The second-order valence-corrected chi connectivity index (χ2v) is 10.9. The number of aryl methyl sites for hydroxylation is 3. The van der Waals surface area contributed by atoms with Gasteiger partial charge in [-0.1, -0.05) is 35.9 Å². The summed E-state index contributed by atoms with van der Waals surface area (Å²) in [7, 11) is -4.01. The molecule has 0 atom stereocenters. The van der Waals surface area contributed by atoms with Gasteiger partial charge >= 0.3 is 0 Å². The minimum absolute atomic E-state index is 0.0875. The zero-order valence-corrected chi connectivity index (χ0v) is 22.5. The highest BCUT2D eigenvalue weighted by Gasteiger charge is 2.28. The molecule has 0 fully saturated rings. The number of halogens is 1. The van der Waals surface area contributed by atoms with Crippen molar-refractivity contribution in [1.82, 2.24) is 9.99 Å². The van der Waals surface area contributed by atoms with Crippen molar-refractivity contribution >= 4 is 27.8 Å². The van der Waals surface area contributed by atoms with Crippen molar-refractivity contribution in [2.45, 2.75) is 32.6 Å². The van der Waals surface area contributed by atoms with Gasteiger partial charge in [-0.05, 0) is 81.8 Å². The zero-order valence-electron chi connectivity index (χ0n) is 21.6. The van der Waals surface area contributed by atoms with Gasteiger partial charge in [0, 0.05) is 22.6 Å². The number of nitrogens with one attached hydrogen (secondary N) is 1. The van der Waals surface area contributed by atoms with Gasteiger partial charge in [0.25, 0.3) is 15.9 Å². The van der Waals surface area contributed by atoms with Crippen LogP contribution in [0.3, 0.4) is 0 Å². The van der Waals surface area contributed by atoms with Crippen molar-refractivity contribution < 1.29 is 17.6 Å². The van der Waals surface area contributed by atoms with Gasteiger partial charge in [-0.15, -0.1) is 0 Å². The molecule has 7 nitrogen and oxygen atoms in total. The van der Waals surface area contributed by atoms with E-state index in [1.54, 1.807) is 36.4 Å². The molecule has 1 heterocycles. The van der Waals surface area contributed by atoms with Crippen LogP contribution in [-0.4, -0.2) is 31.7 Å². The summed E-state index contributed by atoms with van der Waals surface area (Å²) in [6.45, 7) is 7.09.